The van der Waals surface area contributed by atoms with Gasteiger partial charge in [-0.2, -0.15) is 0 Å². The van der Waals surface area contributed by atoms with Crippen LogP contribution < -0.4 is 5.73 Å². The van der Waals surface area contributed by atoms with E-state index in [0.717, 1.165) is 12.8 Å². The molecule has 15 heavy (non-hydrogen) atoms. The summed E-state index contributed by atoms with van der Waals surface area (Å²) in [6, 6.07) is 0. The summed E-state index contributed by atoms with van der Waals surface area (Å²) >= 11 is 0. The second kappa shape index (κ2) is 4.78. The van der Waals surface area contributed by atoms with Crippen molar-refractivity contribution in [1.82, 2.24) is 4.31 Å². The molecule has 1 aliphatic carbocycles. The van der Waals surface area contributed by atoms with Crippen molar-refractivity contribution in [2.24, 2.45) is 5.73 Å². The molecule has 0 heterocycles. The molecule has 0 unspecified atom stereocenters. The summed E-state index contributed by atoms with van der Waals surface area (Å²) in [4.78, 5) is 0. The topological polar surface area (TPSA) is 83.6 Å². The fourth-order valence-corrected chi connectivity index (χ4v) is 3.06. The van der Waals surface area contributed by atoms with Crippen LogP contribution >= 0.6 is 0 Å². The van der Waals surface area contributed by atoms with E-state index in [0.29, 0.717) is 12.8 Å². The highest BCUT2D eigenvalue weighted by Gasteiger charge is 2.34. The highest BCUT2D eigenvalue weighted by Crippen LogP contribution is 2.30. The molecule has 0 aliphatic heterocycles. The van der Waals surface area contributed by atoms with Crippen LogP contribution in [0.25, 0.3) is 0 Å². The molecule has 1 rings (SSSR count). The van der Waals surface area contributed by atoms with Crippen molar-refractivity contribution >= 4 is 10.0 Å². The Kier molecular flexibility index (Phi) is 4.11. The molecule has 1 saturated carbocycles. The van der Waals surface area contributed by atoms with Gasteiger partial charge in [0.25, 0.3) is 0 Å². The van der Waals surface area contributed by atoms with Crippen LogP contribution in [-0.2, 0) is 10.0 Å². The van der Waals surface area contributed by atoms with Crippen LogP contribution in [-0.4, -0.2) is 49.3 Å². The van der Waals surface area contributed by atoms with Gasteiger partial charge < -0.3 is 10.8 Å². The monoisotopic (exact) mass is 236 g/mol. The van der Waals surface area contributed by atoms with Crippen molar-refractivity contribution < 1.29 is 13.5 Å². The zero-order valence-electron chi connectivity index (χ0n) is 9.15. The van der Waals surface area contributed by atoms with Gasteiger partial charge in [0, 0.05) is 20.1 Å². The summed E-state index contributed by atoms with van der Waals surface area (Å²) in [6.45, 7) is 0.306. The van der Waals surface area contributed by atoms with Gasteiger partial charge in [-0.1, -0.05) is 12.8 Å². The summed E-state index contributed by atoms with van der Waals surface area (Å²) < 4.78 is 24.4. The number of nitrogens with zero attached hydrogens (tertiary/aromatic N) is 1. The molecule has 0 aromatic heterocycles. The lowest BCUT2D eigenvalue weighted by Crippen LogP contribution is -2.43. The molecule has 90 valence electrons. The smallest absolute Gasteiger partial charge is 0.215 e. The first-order valence-corrected chi connectivity index (χ1v) is 6.87. The first-order chi connectivity index (χ1) is 6.90. The van der Waals surface area contributed by atoms with E-state index in [1.807, 2.05) is 0 Å². The Morgan fingerprint density at radius 2 is 1.93 bits per heavy atom. The first-order valence-electron chi connectivity index (χ1n) is 5.26. The number of hydrogen-bond donors (Lipinski definition) is 2. The minimum absolute atomic E-state index is 0.0560. The van der Waals surface area contributed by atoms with Gasteiger partial charge in [0.05, 0.1) is 11.4 Å². The third-order valence-corrected chi connectivity index (χ3v) is 4.73. The van der Waals surface area contributed by atoms with Crippen LogP contribution in [0.5, 0.6) is 0 Å². The van der Waals surface area contributed by atoms with Gasteiger partial charge >= 0.3 is 0 Å². The van der Waals surface area contributed by atoms with Gasteiger partial charge in [0.2, 0.25) is 10.0 Å². The molecule has 0 amide bonds. The lowest BCUT2D eigenvalue weighted by atomic mass is 10.0. The SMILES string of the molecule is CN(CC1(O)CCCC1)S(=O)(=O)CCN. The van der Waals surface area contributed by atoms with Crippen LogP contribution in [0.1, 0.15) is 25.7 Å². The molecule has 0 aromatic carbocycles. The number of likely N-dealkylation sites (N-methyl/N-ethyl adjacent to an activating group) is 1. The molecule has 1 fully saturated rings. The molecule has 0 aromatic rings. The Labute approximate surface area is 91.3 Å². The summed E-state index contributed by atoms with van der Waals surface area (Å²) in [5, 5.41) is 10.1. The Balaban J connectivity index is 2.58. The Bertz CT molecular complexity index is 296. The van der Waals surface area contributed by atoms with Gasteiger partial charge in [0.1, 0.15) is 0 Å². The molecule has 0 saturated heterocycles. The zero-order chi connectivity index (χ0) is 11.5. The van der Waals surface area contributed by atoms with Crippen LogP contribution in [0.15, 0.2) is 0 Å². The van der Waals surface area contributed by atoms with Crippen LogP contribution in [0, 0.1) is 0 Å². The largest absolute Gasteiger partial charge is 0.389 e. The van der Waals surface area contributed by atoms with E-state index in [4.69, 9.17) is 5.73 Å². The molecule has 6 heteroatoms. The summed E-state index contributed by atoms with van der Waals surface area (Å²) in [7, 11) is -1.79. The quantitative estimate of drug-likeness (QED) is 0.675. The third kappa shape index (κ3) is 3.41. The lowest BCUT2D eigenvalue weighted by Gasteiger charge is -2.27. The lowest BCUT2D eigenvalue weighted by molar-refractivity contribution is 0.0334. The minimum atomic E-state index is -3.29. The number of nitrogens with two attached hydrogens (primary N) is 1. The Morgan fingerprint density at radius 3 is 2.40 bits per heavy atom. The molecule has 0 atom stereocenters. The van der Waals surface area contributed by atoms with Crippen molar-refractivity contribution in [3.8, 4) is 0 Å². The Morgan fingerprint density at radius 1 is 1.40 bits per heavy atom. The van der Waals surface area contributed by atoms with Crippen LogP contribution in [0.4, 0.5) is 0 Å². The van der Waals surface area contributed by atoms with Crippen molar-refractivity contribution in [3.05, 3.63) is 0 Å². The highest BCUT2D eigenvalue weighted by molar-refractivity contribution is 7.89. The maximum absolute atomic E-state index is 11.6. The molecule has 0 spiro atoms. The average molecular weight is 236 g/mol. The van der Waals surface area contributed by atoms with Crippen molar-refractivity contribution in [2.45, 2.75) is 31.3 Å². The summed E-state index contributed by atoms with van der Waals surface area (Å²) in [5.74, 6) is -0.0560. The molecule has 5 nitrogen and oxygen atoms in total. The standard InChI is InChI=1S/C9H20N2O3S/c1-11(15(13,14)7-6-10)8-9(12)4-2-3-5-9/h12H,2-8,10H2,1H3. The first kappa shape index (κ1) is 12.9. The molecule has 0 radical (unpaired) electrons. The molecular formula is C9H20N2O3S. The number of aliphatic hydroxyl groups is 1. The highest BCUT2D eigenvalue weighted by atomic mass is 32.2. The van der Waals surface area contributed by atoms with Crippen LogP contribution in [0.2, 0.25) is 0 Å². The van der Waals surface area contributed by atoms with Crippen molar-refractivity contribution in [2.75, 3.05) is 25.9 Å². The summed E-state index contributed by atoms with van der Waals surface area (Å²) in [6.07, 6.45) is 3.33. The zero-order valence-corrected chi connectivity index (χ0v) is 9.96. The van der Waals surface area contributed by atoms with E-state index in [1.54, 1.807) is 0 Å². The number of hydrogen-bond acceptors (Lipinski definition) is 4. The fraction of sp³-hybridized carbons (Fsp3) is 1.00. The van der Waals surface area contributed by atoms with E-state index in [2.05, 4.69) is 0 Å². The maximum atomic E-state index is 11.6. The molecular weight excluding hydrogens is 216 g/mol. The van der Waals surface area contributed by atoms with Crippen molar-refractivity contribution in [1.29, 1.82) is 0 Å². The maximum Gasteiger partial charge on any atom is 0.215 e. The normalized spacial score (nSPS) is 21.1. The number of rotatable bonds is 5. The third-order valence-electron chi connectivity index (χ3n) is 2.90. The van der Waals surface area contributed by atoms with Gasteiger partial charge in [0.15, 0.2) is 0 Å². The average Bonchev–Trinajstić information content (AvgIpc) is 2.51. The van der Waals surface area contributed by atoms with Crippen LogP contribution in [0.3, 0.4) is 0 Å². The molecule has 1 aliphatic rings. The summed E-state index contributed by atoms with van der Waals surface area (Å²) in [5.41, 5.74) is 4.40. The predicted octanol–water partition coefficient (Wildman–Crippen LogP) is -0.488. The van der Waals surface area contributed by atoms with E-state index in [-0.39, 0.29) is 18.8 Å². The molecule has 0 bridgehead atoms. The van der Waals surface area contributed by atoms with Gasteiger partial charge in [-0.15, -0.1) is 0 Å². The number of sulfonamides is 1. The second-order valence-electron chi connectivity index (χ2n) is 4.29. The Hall–Kier alpha value is -0.170. The van der Waals surface area contributed by atoms with Gasteiger partial charge in [-0.05, 0) is 12.8 Å². The predicted molar refractivity (Wildman–Crippen MR) is 58.9 cm³/mol. The fourth-order valence-electron chi connectivity index (χ4n) is 2.01. The second-order valence-corrected chi connectivity index (χ2v) is 6.49. The minimum Gasteiger partial charge on any atom is -0.389 e. The molecule has 3 N–H and O–H groups in total. The van der Waals surface area contributed by atoms with E-state index < -0.39 is 15.6 Å². The van der Waals surface area contributed by atoms with Gasteiger partial charge in [-0.25, -0.2) is 12.7 Å². The van der Waals surface area contributed by atoms with Gasteiger partial charge in [-0.3, -0.25) is 0 Å². The van der Waals surface area contributed by atoms with E-state index in [9.17, 15) is 13.5 Å². The van der Waals surface area contributed by atoms with E-state index in [1.165, 1.54) is 11.4 Å². The van der Waals surface area contributed by atoms with E-state index >= 15 is 0 Å². The van der Waals surface area contributed by atoms with Crippen molar-refractivity contribution in [3.63, 3.8) is 0 Å².